The lowest BCUT2D eigenvalue weighted by Gasteiger charge is -2.17. The van der Waals surface area contributed by atoms with Gasteiger partial charge in [-0.25, -0.2) is 4.98 Å². The molecule has 1 aromatic heterocycles. The summed E-state index contributed by atoms with van der Waals surface area (Å²) < 4.78 is 5.61. The van der Waals surface area contributed by atoms with E-state index in [9.17, 15) is 0 Å². The second-order valence-corrected chi connectivity index (χ2v) is 4.29. The molecule has 72 valence electrons. The second kappa shape index (κ2) is 3.46. The van der Waals surface area contributed by atoms with Gasteiger partial charge in [0.05, 0.1) is 13.3 Å². The Labute approximate surface area is 83.2 Å². The van der Waals surface area contributed by atoms with E-state index in [1.54, 1.807) is 13.3 Å². The van der Waals surface area contributed by atoms with Gasteiger partial charge in [-0.1, -0.05) is 33.0 Å². The minimum absolute atomic E-state index is 0.0141. The number of H-pyrrole nitrogens is 1. The highest BCUT2D eigenvalue weighted by molar-refractivity contribution is 7.71. The summed E-state index contributed by atoms with van der Waals surface area (Å²) in [5, 5.41) is 0. The van der Waals surface area contributed by atoms with Gasteiger partial charge in [0.15, 0.2) is 5.75 Å². The lowest BCUT2D eigenvalue weighted by molar-refractivity contribution is 0.405. The van der Waals surface area contributed by atoms with Crippen LogP contribution < -0.4 is 4.74 Å². The van der Waals surface area contributed by atoms with Crippen LogP contribution in [0.2, 0.25) is 0 Å². The van der Waals surface area contributed by atoms with Crippen molar-refractivity contribution in [1.82, 2.24) is 9.97 Å². The quantitative estimate of drug-likeness (QED) is 0.704. The van der Waals surface area contributed by atoms with Crippen molar-refractivity contribution < 1.29 is 4.74 Å². The van der Waals surface area contributed by atoms with Gasteiger partial charge in [0.1, 0.15) is 10.5 Å². The van der Waals surface area contributed by atoms with Crippen LogP contribution in [0.1, 0.15) is 26.6 Å². The maximum absolute atomic E-state index is 5.09. The molecule has 1 heterocycles. The molecule has 0 fully saturated rings. The molecule has 1 rings (SSSR count). The van der Waals surface area contributed by atoms with Gasteiger partial charge in [0.2, 0.25) is 0 Å². The van der Waals surface area contributed by atoms with Gasteiger partial charge >= 0.3 is 0 Å². The van der Waals surface area contributed by atoms with Crippen molar-refractivity contribution in [3.63, 3.8) is 0 Å². The Kier molecular flexibility index (Phi) is 2.71. The Bertz CT molecular complexity index is 351. The van der Waals surface area contributed by atoms with Crippen LogP contribution in [-0.4, -0.2) is 17.1 Å². The predicted molar refractivity (Wildman–Crippen MR) is 54.7 cm³/mol. The van der Waals surface area contributed by atoms with E-state index in [1.807, 2.05) is 0 Å². The highest BCUT2D eigenvalue weighted by Gasteiger charge is 2.16. The number of nitrogens with one attached hydrogen (secondary N) is 1. The molecule has 13 heavy (non-hydrogen) atoms. The van der Waals surface area contributed by atoms with Crippen molar-refractivity contribution in [3.05, 3.63) is 16.7 Å². The van der Waals surface area contributed by atoms with Gasteiger partial charge in [-0.3, -0.25) is 0 Å². The van der Waals surface area contributed by atoms with Gasteiger partial charge in [-0.15, -0.1) is 0 Å². The standard InChI is InChI=1S/C9H14N2OS/c1-9(2,3)8-10-5-6(12-4)7(13)11-8/h5H,1-4H3,(H,10,11,13). The maximum atomic E-state index is 5.09. The molecule has 0 aromatic carbocycles. The van der Waals surface area contributed by atoms with Crippen LogP contribution in [0, 0.1) is 4.64 Å². The van der Waals surface area contributed by atoms with Gasteiger partial charge in [-0.05, 0) is 0 Å². The molecular weight excluding hydrogens is 184 g/mol. The largest absolute Gasteiger partial charge is 0.492 e. The Hall–Kier alpha value is -0.900. The number of methoxy groups -OCH3 is 1. The lowest BCUT2D eigenvalue weighted by atomic mass is 9.96. The zero-order valence-corrected chi connectivity index (χ0v) is 9.16. The second-order valence-electron chi connectivity index (χ2n) is 3.88. The number of aromatic amines is 1. The third-order valence-corrected chi connectivity index (χ3v) is 2.00. The summed E-state index contributed by atoms with van der Waals surface area (Å²) in [7, 11) is 1.58. The SMILES string of the molecule is COc1cnc(C(C)(C)C)[nH]c1=S. The van der Waals surface area contributed by atoms with Crippen LogP contribution in [0.15, 0.2) is 6.20 Å². The first-order valence-electron chi connectivity index (χ1n) is 4.09. The Balaban J connectivity index is 3.18. The van der Waals surface area contributed by atoms with Gasteiger partial charge in [0, 0.05) is 5.41 Å². The summed E-state index contributed by atoms with van der Waals surface area (Å²) in [6, 6.07) is 0. The van der Waals surface area contributed by atoms with E-state index < -0.39 is 0 Å². The fraction of sp³-hybridized carbons (Fsp3) is 0.556. The number of aromatic nitrogens is 2. The molecular formula is C9H14N2OS. The average Bonchev–Trinajstić information content (AvgIpc) is 2.02. The Morgan fingerprint density at radius 2 is 2.08 bits per heavy atom. The van der Waals surface area contributed by atoms with Crippen LogP contribution in [0.4, 0.5) is 0 Å². The molecule has 0 bridgehead atoms. The Morgan fingerprint density at radius 1 is 1.46 bits per heavy atom. The first kappa shape index (κ1) is 10.2. The number of hydrogen-bond acceptors (Lipinski definition) is 3. The highest BCUT2D eigenvalue weighted by atomic mass is 32.1. The van der Waals surface area contributed by atoms with Gasteiger partial charge in [0.25, 0.3) is 0 Å². The average molecular weight is 198 g/mol. The van der Waals surface area contributed by atoms with Crippen molar-refractivity contribution >= 4 is 12.2 Å². The normalized spacial score (nSPS) is 11.4. The van der Waals surface area contributed by atoms with E-state index >= 15 is 0 Å². The van der Waals surface area contributed by atoms with E-state index in [0.717, 1.165) is 5.82 Å². The maximum Gasteiger partial charge on any atom is 0.171 e. The van der Waals surface area contributed by atoms with Crippen LogP contribution in [0.3, 0.4) is 0 Å². The molecule has 3 nitrogen and oxygen atoms in total. The monoisotopic (exact) mass is 198 g/mol. The zero-order valence-electron chi connectivity index (χ0n) is 8.34. The van der Waals surface area contributed by atoms with E-state index in [0.29, 0.717) is 10.4 Å². The van der Waals surface area contributed by atoms with E-state index in [2.05, 4.69) is 30.7 Å². The smallest absolute Gasteiger partial charge is 0.171 e. The Morgan fingerprint density at radius 3 is 2.46 bits per heavy atom. The van der Waals surface area contributed by atoms with Crippen molar-refractivity contribution in [2.45, 2.75) is 26.2 Å². The molecule has 0 saturated carbocycles. The zero-order chi connectivity index (χ0) is 10.1. The van der Waals surface area contributed by atoms with E-state index in [4.69, 9.17) is 17.0 Å². The van der Waals surface area contributed by atoms with Gasteiger partial charge < -0.3 is 9.72 Å². The fourth-order valence-corrected chi connectivity index (χ4v) is 1.14. The molecule has 0 amide bonds. The molecule has 1 N–H and O–H groups in total. The van der Waals surface area contributed by atoms with Crippen molar-refractivity contribution in [1.29, 1.82) is 0 Å². The molecule has 0 atom stereocenters. The van der Waals surface area contributed by atoms with Gasteiger partial charge in [-0.2, -0.15) is 0 Å². The van der Waals surface area contributed by atoms with E-state index in [-0.39, 0.29) is 5.41 Å². The minimum Gasteiger partial charge on any atom is -0.492 e. The van der Waals surface area contributed by atoms with Crippen LogP contribution >= 0.6 is 12.2 Å². The molecule has 0 aliphatic heterocycles. The number of ether oxygens (including phenoxy) is 1. The van der Waals surface area contributed by atoms with Crippen LogP contribution in [0.5, 0.6) is 5.75 Å². The third-order valence-electron chi connectivity index (χ3n) is 1.70. The molecule has 0 aliphatic carbocycles. The van der Waals surface area contributed by atoms with Crippen molar-refractivity contribution in [2.24, 2.45) is 0 Å². The summed E-state index contributed by atoms with van der Waals surface area (Å²) in [5.41, 5.74) is -0.0141. The topological polar surface area (TPSA) is 37.9 Å². The van der Waals surface area contributed by atoms with Crippen molar-refractivity contribution in [2.75, 3.05) is 7.11 Å². The predicted octanol–water partition coefficient (Wildman–Crippen LogP) is 2.45. The molecule has 0 spiro atoms. The summed E-state index contributed by atoms with van der Waals surface area (Å²) in [5.74, 6) is 1.49. The summed E-state index contributed by atoms with van der Waals surface area (Å²) in [6.45, 7) is 6.23. The molecule has 1 aromatic rings. The molecule has 0 unspecified atom stereocenters. The van der Waals surface area contributed by atoms with Crippen molar-refractivity contribution in [3.8, 4) is 5.75 Å². The van der Waals surface area contributed by atoms with Crippen LogP contribution in [-0.2, 0) is 5.41 Å². The highest BCUT2D eigenvalue weighted by Crippen LogP contribution is 2.19. The van der Waals surface area contributed by atoms with Crippen LogP contribution in [0.25, 0.3) is 0 Å². The summed E-state index contributed by atoms with van der Waals surface area (Å²) in [4.78, 5) is 7.28. The molecule has 0 aliphatic rings. The summed E-state index contributed by atoms with van der Waals surface area (Å²) >= 11 is 5.09. The number of hydrogen-bond donors (Lipinski definition) is 1. The molecule has 0 saturated heterocycles. The minimum atomic E-state index is -0.0141. The first-order valence-corrected chi connectivity index (χ1v) is 4.50. The molecule has 0 radical (unpaired) electrons. The summed E-state index contributed by atoms with van der Waals surface area (Å²) in [6.07, 6.45) is 1.65. The third kappa shape index (κ3) is 2.28. The number of nitrogens with zero attached hydrogens (tertiary/aromatic N) is 1. The fourth-order valence-electron chi connectivity index (χ4n) is 0.910. The van der Waals surface area contributed by atoms with E-state index in [1.165, 1.54) is 0 Å². The molecule has 4 heteroatoms. The first-order chi connectivity index (χ1) is 5.95. The number of rotatable bonds is 1. The lowest BCUT2D eigenvalue weighted by Crippen LogP contribution is -2.15.